The van der Waals surface area contributed by atoms with Gasteiger partial charge >= 0.3 is 27.0 Å². The minimum atomic E-state index is -0.221. The maximum Gasteiger partial charge on any atom is 2.00 e. The quantitative estimate of drug-likeness (QED) is 0.218. The van der Waals surface area contributed by atoms with Crippen molar-refractivity contribution < 1.29 is 56.1 Å². The Labute approximate surface area is 215 Å². The van der Waals surface area contributed by atoms with Gasteiger partial charge in [-0.2, -0.15) is 6.92 Å². The van der Waals surface area contributed by atoms with Crippen molar-refractivity contribution in [3.63, 3.8) is 0 Å². The molecular weight excluding hydrogens is 598 g/mol. The van der Waals surface area contributed by atoms with Crippen molar-refractivity contribution in [2.24, 2.45) is 5.41 Å². The normalized spacial score (nSPS) is 21.2. The summed E-state index contributed by atoms with van der Waals surface area (Å²) in [5.41, 5.74) is 2.02. The van der Waals surface area contributed by atoms with Gasteiger partial charge in [0.1, 0.15) is 6.10 Å². The van der Waals surface area contributed by atoms with Gasteiger partial charge in [0.05, 0.1) is 19.3 Å². The fourth-order valence-corrected chi connectivity index (χ4v) is 2.72. The van der Waals surface area contributed by atoms with Crippen LogP contribution < -0.4 is 0 Å². The topological polar surface area (TPSA) is 102 Å². The zero-order valence-electron chi connectivity index (χ0n) is 22.2. The van der Waals surface area contributed by atoms with Crippen molar-refractivity contribution in [2.75, 3.05) is 27.4 Å². The van der Waals surface area contributed by atoms with Gasteiger partial charge < -0.3 is 26.7 Å². The Morgan fingerprint density at radius 2 is 1.73 bits per heavy atom. The summed E-state index contributed by atoms with van der Waals surface area (Å²) < 4.78 is 20.6. The van der Waals surface area contributed by atoms with Crippen LogP contribution in [0.1, 0.15) is 55.8 Å². The molecule has 3 aliphatic heterocycles. The number of aliphatic hydroxyl groups excluding tert-OH is 1. The second-order valence-electron chi connectivity index (χ2n) is 7.95. The van der Waals surface area contributed by atoms with Gasteiger partial charge in [-0.1, -0.05) is 20.4 Å². The molecule has 3 heterocycles. The molecule has 3 aliphatic rings. The fraction of sp³-hybridized carbons (Fsp3) is 0.625. The number of methoxy groups -OCH3 is 1. The molecule has 0 spiro atoms. The van der Waals surface area contributed by atoms with Gasteiger partial charge in [0.15, 0.2) is 0 Å². The Morgan fingerprint density at radius 3 is 1.85 bits per heavy atom. The first-order valence-corrected chi connectivity index (χ1v) is 10.3. The van der Waals surface area contributed by atoms with Gasteiger partial charge in [0.25, 0.3) is 11.8 Å². The van der Waals surface area contributed by atoms with E-state index < -0.39 is 0 Å². The van der Waals surface area contributed by atoms with E-state index in [2.05, 4.69) is 27.8 Å². The minimum Gasteiger partial charge on any atom is -0.566 e. The molecule has 33 heavy (non-hydrogen) atoms. The molecule has 0 saturated carbocycles. The number of hydrogen-bond donors (Lipinski definition) is 1. The average molecular weight is 640 g/mol. The summed E-state index contributed by atoms with van der Waals surface area (Å²) in [5, 5.41) is 7.44. The summed E-state index contributed by atoms with van der Waals surface area (Å²) in [4.78, 5) is 33.7. The van der Waals surface area contributed by atoms with Gasteiger partial charge in [-0.15, -0.1) is 0 Å². The van der Waals surface area contributed by atoms with Crippen LogP contribution in [0.2, 0.25) is 0 Å². The van der Waals surface area contributed by atoms with E-state index in [9.17, 15) is 14.4 Å². The fourth-order valence-electron chi connectivity index (χ4n) is 2.72. The van der Waals surface area contributed by atoms with Gasteiger partial charge in [-0.3, -0.25) is 14.5 Å². The number of ether oxygens (including phenoxy) is 3. The number of carbonyl (C=O) groups excluding carboxylic acids is 3. The standard InChI is InChI=1S/C7H9NO2.C7H14O2.C7H10O2.C2H5O.CH3.W/c1-4-5(2)7(10)8(3)6(4)9;1-6(8-3)7(2)4-9-5-7;1-3-6-4-5(2)7(8)9-6;1-2-3;;/h1-3H3;6H,4-5H2,1-3H3;6H,2-4H2,1H3;2-3H,1H3;1H3;/q;;;2*-1;+2/i;;;;1D;. The van der Waals surface area contributed by atoms with Crippen LogP contribution in [0.4, 0.5) is 0 Å². The van der Waals surface area contributed by atoms with Crippen molar-refractivity contribution in [1.82, 2.24) is 4.90 Å². The first-order valence-electron chi connectivity index (χ1n) is 11.0. The minimum absolute atomic E-state index is 0. The summed E-state index contributed by atoms with van der Waals surface area (Å²) in [5.74, 6) is -0.577. The van der Waals surface area contributed by atoms with Crippen LogP contribution in [0.15, 0.2) is 23.3 Å². The maximum absolute atomic E-state index is 11.0. The van der Waals surface area contributed by atoms with Crippen molar-refractivity contribution in [1.29, 1.82) is 0 Å². The molecule has 2 fully saturated rings. The second-order valence-corrected chi connectivity index (χ2v) is 7.95. The number of esters is 1. The van der Waals surface area contributed by atoms with E-state index in [0.717, 1.165) is 37.6 Å². The molecule has 0 aliphatic carbocycles. The Hall–Kier alpha value is -1.34. The predicted molar refractivity (Wildman–Crippen MR) is 124 cm³/mol. The molecule has 8 nitrogen and oxygen atoms in total. The molecule has 0 aromatic carbocycles. The van der Waals surface area contributed by atoms with Crippen molar-refractivity contribution in [2.45, 2.75) is 66.6 Å². The Kier molecular flexibility index (Phi) is 17.6. The monoisotopic (exact) mass is 640 g/mol. The van der Waals surface area contributed by atoms with E-state index in [0.29, 0.717) is 22.8 Å². The van der Waals surface area contributed by atoms with E-state index in [4.69, 9.17) is 20.7 Å². The Balaban J connectivity index is -0.000000382. The molecule has 0 radical (unpaired) electrons. The van der Waals surface area contributed by atoms with E-state index >= 15 is 0 Å². The molecular formula is C24H41NO7W. The summed E-state index contributed by atoms with van der Waals surface area (Å²) in [7, 11) is 5.74. The second kappa shape index (κ2) is 17.1. The molecule has 2 atom stereocenters. The van der Waals surface area contributed by atoms with Crippen LogP contribution in [0.5, 0.6) is 0 Å². The molecule has 2 amide bonds. The first-order chi connectivity index (χ1) is 15.4. The maximum atomic E-state index is 11.0. The smallest absolute Gasteiger partial charge is 0.566 e. The third-order valence-electron chi connectivity index (χ3n) is 5.50. The third kappa shape index (κ3) is 10.6. The van der Waals surface area contributed by atoms with Crippen LogP contribution >= 0.6 is 0 Å². The van der Waals surface area contributed by atoms with E-state index in [-0.39, 0.29) is 50.4 Å². The average Bonchev–Trinajstić information content (AvgIpc) is 3.21. The van der Waals surface area contributed by atoms with Crippen LogP contribution in [-0.2, 0) is 49.7 Å². The third-order valence-corrected chi connectivity index (χ3v) is 5.50. The molecule has 3 rings (SSSR count). The van der Waals surface area contributed by atoms with Crippen LogP contribution in [0, 0.1) is 19.4 Å². The molecule has 0 aromatic rings. The molecule has 2 saturated heterocycles. The van der Waals surface area contributed by atoms with E-state index in [1.807, 2.05) is 6.92 Å². The number of nitrogens with zero attached hydrogens (tertiary/aromatic N) is 1. The number of hydrogen-bond acceptors (Lipinski definition) is 7. The number of imide groups is 1. The number of likely N-dealkylation sites (N-methyl/N-ethyl adjacent to an activating group) is 1. The van der Waals surface area contributed by atoms with Crippen molar-refractivity contribution in [3.05, 3.63) is 37.3 Å². The molecule has 190 valence electrons. The SMILES string of the molecule is C=C1CC(CC)OC1=O.CC1=C(C)C(=O)N(C)C1=O.COC(C)C1(C)COC1.C[CH-]O.[2H][CH2-].[W+2]. The van der Waals surface area contributed by atoms with E-state index in [1.165, 1.54) is 7.05 Å². The number of cyclic esters (lactones) is 1. The Bertz CT molecular complexity index is 653. The number of carbonyl (C=O) groups is 3. The molecule has 9 heteroatoms. The molecule has 2 unspecified atom stereocenters. The van der Waals surface area contributed by atoms with Crippen LogP contribution in [-0.4, -0.2) is 67.4 Å². The predicted octanol–water partition coefficient (Wildman–Crippen LogP) is 3.64. The number of amides is 2. The molecule has 0 bridgehead atoms. The van der Waals surface area contributed by atoms with Gasteiger partial charge in [0, 0.05) is 42.7 Å². The zero-order valence-corrected chi connectivity index (χ0v) is 24.2. The Morgan fingerprint density at radius 1 is 1.30 bits per heavy atom. The largest absolute Gasteiger partial charge is 2.00 e. The zero-order chi connectivity index (χ0) is 26.4. The van der Waals surface area contributed by atoms with Crippen LogP contribution in [0.3, 0.4) is 0 Å². The van der Waals surface area contributed by atoms with Crippen LogP contribution in [0.25, 0.3) is 0 Å². The molecule has 1 N–H and O–H groups in total. The first kappa shape index (κ1) is 33.8. The molecule has 0 aromatic heterocycles. The van der Waals surface area contributed by atoms with Gasteiger partial charge in [0.2, 0.25) is 0 Å². The number of aliphatic hydroxyl groups is 1. The van der Waals surface area contributed by atoms with Gasteiger partial charge in [-0.05, 0) is 27.2 Å². The summed E-state index contributed by atoms with van der Waals surface area (Å²) in [6, 6.07) is 0. The van der Waals surface area contributed by atoms with Crippen molar-refractivity contribution in [3.8, 4) is 0 Å². The summed E-state index contributed by atoms with van der Waals surface area (Å²) >= 11 is 0. The summed E-state index contributed by atoms with van der Waals surface area (Å²) in [6.07, 6.45) is 2.04. The van der Waals surface area contributed by atoms with Crippen molar-refractivity contribution >= 4 is 17.8 Å². The van der Waals surface area contributed by atoms with Gasteiger partial charge in [-0.25, -0.2) is 12.8 Å². The van der Waals surface area contributed by atoms with E-state index in [1.54, 1.807) is 27.9 Å². The summed E-state index contributed by atoms with van der Waals surface area (Å²) in [6.45, 7) is 17.4. The number of rotatable bonds is 3.